The zero-order chi connectivity index (χ0) is 10.6. The summed E-state index contributed by atoms with van der Waals surface area (Å²) < 4.78 is 0. The van der Waals surface area contributed by atoms with Gasteiger partial charge in [0, 0.05) is 6.54 Å². The van der Waals surface area contributed by atoms with Crippen molar-refractivity contribution in [2.75, 3.05) is 18.5 Å². The van der Waals surface area contributed by atoms with Crippen molar-refractivity contribution in [3.8, 4) is 0 Å². The van der Waals surface area contributed by atoms with Crippen LogP contribution in [-0.2, 0) is 0 Å². The Kier molecular flexibility index (Phi) is 3.38. The SMILES string of the molecule is Cc1cnnc(NCC(C)(O)CO)c1. The van der Waals surface area contributed by atoms with Crippen LogP contribution in [0, 0.1) is 6.92 Å². The Morgan fingerprint density at radius 2 is 2.29 bits per heavy atom. The van der Waals surface area contributed by atoms with Gasteiger partial charge < -0.3 is 15.5 Å². The van der Waals surface area contributed by atoms with Crippen molar-refractivity contribution in [2.24, 2.45) is 0 Å². The van der Waals surface area contributed by atoms with Crippen LogP contribution in [0.3, 0.4) is 0 Å². The van der Waals surface area contributed by atoms with Gasteiger partial charge in [0.25, 0.3) is 0 Å². The zero-order valence-electron chi connectivity index (χ0n) is 8.36. The molecule has 0 fully saturated rings. The highest BCUT2D eigenvalue weighted by atomic mass is 16.3. The Labute approximate surface area is 82.8 Å². The summed E-state index contributed by atoms with van der Waals surface area (Å²) in [6.45, 7) is 3.40. The number of aliphatic hydroxyl groups excluding tert-OH is 1. The van der Waals surface area contributed by atoms with E-state index in [-0.39, 0.29) is 13.2 Å². The summed E-state index contributed by atoms with van der Waals surface area (Å²) in [4.78, 5) is 0. The summed E-state index contributed by atoms with van der Waals surface area (Å²) in [6, 6.07) is 1.82. The number of nitrogens with zero attached hydrogens (tertiary/aromatic N) is 2. The van der Waals surface area contributed by atoms with E-state index in [2.05, 4.69) is 15.5 Å². The highest BCUT2D eigenvalue weighted by molar-refractivity contribution is 5.35. The molecule has 0 bridgehead atoms. The highest BCUT2D eigenvalue weighted by Gasteiger charge is 2.18. The first-order chi connectivity index (χ1) is 6.53. The van der Waals surface area contributed by atoms with Gasteiger partial charge in [-0.15, -0.1) is 5.10 Å². The van der Waals surface area contributed by atoms with E-state index in [1.165, 1.54) is 0 Å². The normalized spacial score (nSPS) is 14.9. The van der Waals surface area contributed by atoms with Gasteiger partial charge in [0.1, 0.15) is 11.4 Å². The fraction of sp³-hybridized carbons (Fsp3) is 0.556. The van der Waals surface area contributed by atoms with Crippen molar-refractivity contribution >= 4 is 5.82 Å². The molecule has 5 nitrogen and oxygen atoms in total. The molecule has 1 aromatic heterocycles. The van der Waals surface area contributed by atoms with Gasteiger partial charge in [-0.05, 0) is 25.5 Å². The van der Waals surface area contributed by atoms with E-state index < -0.39 is 5.60 Å². The maximum atomic E-state index is 9.49. The molecule has 3 N–H and O–H groups in total. The number of hydrogen-bond acceptors (Lipinski definition) is 5. The predicted octanol–water partition coefficient (Wildman–Crippen LogP) is -0.0598. The standard InChI is InChI=1S/C9H15N3O2/c1-7-3-8(12-11-4-7)10-5-9(2,14)6-13/h3-4,13-14H,5-6H2,1-2H3,(H,10,12). The molecule has 0 aliphatic carbocycles. The second kappa shape index (κ2) is 4.34. The molecule has 0 aromatic carbocycles. The van der Waals surface area contributed by atoms with E-state index in [0.717, 1.165) is 5.56 Å². The van der Waals surface area contributed by atoms with Crippen LogP contribution in [-0.4, -0.2) is 39.2 Å². The number of aromatic nitrogens is 2. The minimum atomic E-state index is -1.13. The molecule has 1 unspecified atom stereocenters. The minimum absolute atomic E-state index is 0.238. The Morgan fingerprint density at radius 1 is 1.57 bits per heavy atom. The number of rotatable bonds is 4. The Balaban J connectivity index is 2.54. The third kappa shape index (κ3) is 3.27. The smallest absolute Gasteiger partial charge is 0.149 e. The molecule has 0 aliphatic heterocycles. The van der Waals surface area contributed by atoms with E-state index in [4.69, 9.17) is 5.11 Å². The predicted molar refractivity (Wildman–Crippen MR) is 53.0 cm³/mol. The van der Waals surface area contributed by atoms with Crippen LogP contribution in [0.15, 0.2) is 12.3 Å². The van der Waals surface area contributed by atoms with Gasteiger partial charge in [-0.25, -0.2) is 0 Å². The second-order valence-electron chi connectivity index (χ2n) is 3.63. The van der Waals surface area contributed by atoms with Gasteiger partial charge in [0.05, 0.1) is 12.8 Å². The molecule has 0 spiro atoms. The first-order valence-electron chi connectivity index (χ1n) is 4.40. The van der Waals surface area contributed by atoms with Gasteiger partial charge in [0.2, 0.25) is 0 Å². The van der Waals surface area contributed by atoms with E-state index in [1.54, 1.807) is 13.1 Å². The molecule has 14 heavy (non-hydrogen) atoms. The first kappa shape index (κ1) is 10.9. The van der Waals surface area contributed by atoms with E-state index in [9.17, 15) is 5.11 Å². The van der Waals surface area contributed by atoms with Crippen LogP contribution in [0.1, 0.15) is 12.5 Å². The summed E-state index contributed by atoms with van der Waals surface area (Å²) in [6.07, 6.45) is 1.65. The van der Waals surface area contributed by atoms with E-state index >= 15 is 0 Å². The molecular weight excluding hydrogens is 182 g/mol. The third-order valence-corrected chi connectivity index (χ3v) is 1.78. The molecule has 0 amide bonds. The number of nitrogens with one attached hydrogen (secondary N) is 1. The molecule has 1 rings (SSSR count). The monoisotopic (exact) mass is 197 g/mol. The van der Waals surface area contributed by atoms with Crippen LogP contribution in [0.25, 0.3) is 0 Å². The quantitative estimate of drug-likeness (QED) is 0.630. The van der Waals surface area contributed by atoms with Gasteiger partial charge in [-0.1, -0.05) is 0 Å². The Bertz CT molecular complexity index is 302. The van der Waals surface area contributed by atoms with Gasteiger partial charge in [-0.2, -0.15) is 5.10 Å². The Morgan fingerprint density at radius 3 is 2.86 bits per heavy atom. The number of aryl methyl sites for hydroxylation is 1. The molecule has 0 aliphatic rings. The lowest BCUT2D eigenvalue weighted by Crippen LogP contribution is -2.37. The van der Waals surface area contributed by atoms with Crippen LogP contribution in [0.2, 0.25) is 0 Å². The third-order valence-electron chi connectivity index (χ3n) is 1.78. The van der Waals surface area contributed by atoms with Crippen molar-refractivity contribution in [2.45, 2.75) is 19.4 Å². The minimum Gasteiger partial charge on any atom is -0.393 e. The summed E-state index contributed by atoms with van der Waals surface area (Å²) in [5.74, 6) is 0.596. The largest absolute Gasteiger partial charge is 0.393 e. The van der Waals surface area contributed by atoms with E-state index in [0.29, 0.717) is 5.82 Å². The lowest BCUT2D eigenvalue weighted by atomic mass is 10.1. The summed E-state index contributed by atoms with van der Waals surface area (Å²) >= 11 is 0. The first-order valence-corrected chi connectivity index (χ1v) is 4.40. The highest BCUT2D eigenvalue weighted by Crippen LogP contribution is 2.06. The van der Waals surface area contributed by atoms with Crippen molar-refractivity contribution < 1.29 is 10.2 Å². The van der Waals surface area contributed by atoms with Crippen molar-refractivity contribution in [1.29, 1.82) is 0 Å². The van der Waals surface area contributed by atoms with Gasteiger partial charge >= 0.3 is 0 Å². The molecule has 1 aromatic rings. The number of anilines is 1. The Hall–Kier alpha value is -1.20. The maximum absolute atomic E-state index is 9.49. The topological polar surface area (TPSA) is 78.3 Å². The fourth-order valence-electron chi connectivity index (χ4n) is 0.887. The molecule has 78 valence electrons. The van der Waals surface area contributed by atoms with Crippen LogP contribution < -0.4 is 5.32 Å². The van der Waals surface area contributed by atoms with Gasteiger partial charge in [-0.3, -0.25) is 0 Å². The maximum Gasteiger partial charge on any atom is 0.149 e. The van der Waals surface area contributed by atoms with E-state index in [1.807, 2.05) is 13.0 Å². The molecule has 0 saturated heterocycles. The van der Waals surface area contributed by atoms with Crippen molar-refractivity contribution in [3.05, 3.63) is 17.8 Å². The summed E-state index contributed by atoms with van der Waals surface area (Å²) in [5, 5.41) is 28.8. The van der Waals surface area contributed by atoms with Crippen LogP contribution in [0.4, 0.5) is 5.82 Å². The van der Waals surface area contributed by atoms with Crippen molar-refractivity contribution in [1.82, 2.24) is 10.2 Å². The number of hydrogen-bond donors (Lipinski definition) is 3. The average Bonchev–Trinajstić information content (AvgIpc) is 2.15. The molecule has 1 atom stereocenters. The molecule has 5 heteroatoms. The summed E-state index contributed by atoms with van der Waals surface area (Å²) in [5.41, 5.74) is -0.142. The lowest BCUT2D eigenvalue weighted by molar-refractivity contribution is 0.0131. The fourth-order valence-corrected chi connectivity index (χ4v) is 0.887. The molecular formula is C9H15N3O2. The summed E-state index contributed by atoms with van der Waals surface area (Å²) in [7, 11) is 0. The molecule has 0 radical (unpaired) electrons. The number of aliphatic hydroxyl groups is 2. The van der Waals surface area contributed by atoms with Gasteiger partial charge in [0.15, 0.2) is 0 Å². The zero-order valence-corrected chi connectivity index (χ0v) is 8.36. The molecule has 0 saturated carbocycles. The lowest BCUT2D eigenvalue weighted by Gasteiger charge is -2.20. The molecule has 1 heterocycles. The second-order valence-corrected chi connectivity index (χ2v) is 3.63. The van der Waals surface area contributed by atoms with Crippen LogP contribution in [0.5, 0.6) is 0 Å². The van der Waals surface area contributed by atoms with Crippen LogP contribution >= 0.6 is 0 Å². The average molecular weight is 197 g/mol. The van der Waals surface area contributed by atoms with Crippen molar-refractivity contribution in [3.63, 3.8) is 0 Å².